The highest BCUT2D eigenvalue weighted by Crippen LogP contribution is 2.40. The lowest BCUT2D eigenvalue weighted by molar-refractivity contribution is 0.288. The highest BCUT2D eigenvalue weighted by Gasteiger charge is 2.30. The van der Waals surface area contributed by atoms with Crippen LogP contribution < -0.4 is 10.3 Å². The van der Waals surface area contributed by atoms with E-state index in [1.165, 1.54) is 10.4 Å². The first-order chi connectivity index (χ1) is 15.7. The first-order valence-electron chi connectivity index (χ1n) is 10.6. The first kappa shape index (κ1) is 20.3. The molecule has 0 atom stereocenters. The molecule has 6 rings (SSSR count). The number of para-hydroxylation sites is 1. The van der Waals surface area contributed by atoms with Crippen molar-refractivity contribution in [1.29, 1.82) is 0 Å². The van der Waals surface area contributed by atoms with Gasteiger partial charge in [-0.1, -0.05) is 35.5 Å². The Morgan fingerprint density at radius 3 is 2.97 bits per heavy atom. The Bertz CT molecular complexity index is 1370. The maximum atomic E-state index is 12.7. The summed E-state index contributed by atoms with van der Waals surface area (Å²) < 4.78 is 8.04. The van der Waals surface area contributed by atoms with Gasteiger partial charge in [-0.05, 0) is 49.8 Å². The lowest BCUT2D eigenvalue weighted by atomic mass is 10.2. The van der Waals surface area contributed by atoms with E-state index >= 15 is 0 Å². The molecule has 1 aromatic carbocycles. The van der Waals surface area contributed by atoms with Crippen molar-refractivity contribution >= 4 is 44.9 Å². The van der Waals surface area contributed by atoms with Crippen molar-refractivity contribution in [2.45, 2.75) is 55.7 Å². The number of thiophene rings is 1. The molecule has 7 nitrogen and oxygen atoms in total. The van der Waals surface area contributed by atoms with Gasteiger partial charge >= 0.3 is 0 Å². The molecule has 4 aromatic rings. The third kappa shape index (κ3) is 3.72. The molecule has 1 N–H and O–H groups in total. The van der Waals surface area contributed by atoms with Crippen molar-refractivity contribution in [3.05, 3.63) is 61.7 Å². The van der Waals surface area contributed by atoms with Crippen LogP contribution in [0.1, 0.15) is 47.4 Å². The SMILES string of the molecule is O=c1[nH]c(CSc2nnc(COc3ccccc3Cl)n2C2CC2)nc2sc3c(c12)CCC3. The monoisotopic (exact) mass is 485 g/mol. The largest absolute Gasteiger partial charge is 0.484 e. The van der Waals surface area contributed by atoms with Crippen LogP contribution in [0.2, 0.25) is 5.02 Å². The van der Waals surface area contributed by atoms with E-state index < -0.39 is 0 Å². The number of hydrogen-bond donors (Lipinski definition) is 1. The van der Waals surface area contributed by atoms with E-state index in [2.05, 4.69) is 19.7 Å². The van der Waals surface area contributed by atoms with Crippen LogP contribution in [0, 0.1) is 0 Å². The molecular weight excluding hydrogens is 466 g/mol. The Hall–Kier alpha value is -2.36. The average molecular weight is 486 g/mol. The summed E-state index contributed by atoms with van der Waals surface area (Å²) >= 11 is 9.40. The Morgan fingerprint density at radius 2 is 2.12 bits per heavy atom. The fourth-order valence-corrected chi connectivity index (χ4v) is 6.52. The zero-order valence-corrected chi connectivity index (χ0v) is 19.5. The number of benzene rings is 1. The molecule has 0 bridgehead atoms. The molecule has 2 aliphatic carbocycles. The second-order valence-corrected chi connectivity index (χ2v) is 10.5. The number of halogens is 1. The van der Waals surface area contributed by atoms with Crippen LogP contribution in [0.4, 0.5) is 0 Å². The minimum absolute atomic E-state index is 0.0255. The number of nitrogens with zero attached hydrogens (tertiary/aromatic N) is 4. The van der Waals surface area contributed by atoms with E-state index in [0.29, 0.717) is 35.0 Å². The summed E-state index contributed by atoms with van der Waals surface area (Å²) in [4.78, 5) is 22.6. The molecule has 3 aromatic heterocycles. The number of ether oxygens (including phenoxy) is 1. The zero-order valence-electron chi connectivity index (χ0n) is 17.1. The second kappa shape index (κ2) is 8.20. The minimum Gasteiger partial charge on any atom is -0.484 e. The molecule has 2 aliphatic rings. The van der Waals surface area contributed by atoms with Gasteiger partial charge in [0.05, 0.1) is 16.2 Å². The topological polar surface area (TPSA) is 85.7 Å². The first-order valence-corrected chi connectivity index (χ1v) is 12.8. The van der Waals surface area contributed by atoms with Gasteiger partial charge in [-0.15, -0.1) is 21.5 Å². The molecule has 164 valence electrons. The van der Waals surface area contributed by atoms with Gasteiger partial charge in [-0.3, -0.25) is 9.36 Å². The summed E-state index contributed by atoms with van der Waals surface area (Å²) in [7, 11) is 0. The molecule has 0 aliphatic heterocycles. The molecule has 1 saturated carbocycles. The van der Waals surface area contributed by atoms with Gasteiger partial charge in [0, 0.05) is 10.9 Å². The number of aromatic nitrogens is 5. The van der Waals surface area contributed by atoms with Crippen LogP contribution in [0.5, 0.6) is 5.75 Å². The predicted molar refractivity (Wildman–Crippen MR) is 126 cm³/mol. The van der Waals surface area contributed by atoms with Crippen molar-refractivity contribution in [2.75, 3.05) is 0 Å². The molecule has 0 amide bonds. The summed E-state index contributed by atoms with van der Waals surface area (Å²) in [6.45, 7) is 0.301. The van der Waals surface area contributed by atoms with Gasteiger partial charge in [0.15, 0.2) is 11.0 Å². The van der Waals surface area contributed by atoms with E-state index in [0.717, 1.165) is 53.3 Å². The maximum Gasteiger partial charge on any atom is 0.259 e. The van der Waals surface area contributed by atoms with E-state index in [4.69, 9.17) is 21.3 Å². The van der Waals surface area contributed by atoms with Gasteiger partial charge < -0.3 is 9.72 Å². The van der Waals surface area contributed by atoms with Crippen LogP contribution in [-0.4, -0.2) is 24.7 Å². The van der Waals surface area contributed by atoms with Gasteiger partial charge in [-0.2, -0.15) is 0 Å². The molecule has 0 saturated heterocycles. The molecule has 10 heteroatoms. The van der Waals surface area contributed by atoms with Crippen LogP contribution in [0.25, 0.3) is 10.2 Å². The Morgan fingerprint density at radius 1 is 1.25 bits per heavy atom. The van der Waals surface area contributed by atoms with Gasteiger partial charge in [0.1, 0.15) is 23.0 Å². The number of aryl methyl sites for hydroxylation is 2. The van der Waals surface area contributed by atoms with Crippen LogP contribution in [-0.2, 0) is 25.2 Å². The number of thioether (sulfide) groups is 1. The molecule has 0 spiro atoms. The summed E-state index contributed by atoms with van der Waals surface area (Å²) in [5, 5.41) is 11.0. The third-order valence-electron chi connectivity index (χ3n) is 5.80. The Balaban J connectivity index is 1.21. The number of aromatic amines is 1. The van der Waals surface area contributed by atoms with Crippen molar-refractivity contribution in [1.82, 2.24) is 24.7 Å². The van der Waals surface area contributed by atoms with Gasteiger partial charge in [0.2, 0.25) is 0 Å². The van der Waals surface area contributed by atoms with Crippen LogP contribution in [0.3, 0.4) is 0 Å². The van der Waals surface area contributed by atoms with Crippen molar-refractivity contribution in [2.24, 2.45) is 0 Å². The molecule has 1 fully saturated rings. The normalized spacial score (nSPS) is 15.4. The van der Waals surface area contributed by atoms with Crippen molar-refractivity contribution in [3.63, 3.8) is 0 Å². The highest BCUT2D eigenvalue weighted by atomic mass is 35.5. The highest BCUT2D eigenvalue weighted by molar-refractivity contribution is 7.98. The van der Waals surface area contributed by atoms with Gasteiger partial charge in [0.25, 0.3) is 5.56 Å². The summed E-state index contributed by atoms with van der Waals surface area (Å²) in [6, 6.07) is 7.80. The lowest BCUT2D eigenvalue weighted by Crippen LogP contribution is -2.11. The number of H-pyrrole nitrogens is 1. The summed E-state index contributed by atoms with van der Waals surface area (Å²) in [6.07, 6.45) is 5.38. The summed E-state index contributed by atoms with van der Waals surface area (Å²) in [5.74, 6) is 2.61. The smallest absolute Gasteiger partial charge is 0.259 e. The van der Waals surface area contributed by atoms with E-state index in [9.17, 15) is 4.79 Å². The van der Waals surface area contributed by atoms with Crippen LogP contribution in [0.15, 0.2) is 34.2 Å². The Labute approximate surface area is 197 Å². The molecular formula is C22H20ClN5O2S2. The standard InChI is InChI=1S/C22H20ClN5O2S2/c23-14-5-1-2-6-15(14)30-10-18-26-27-22(28(18)12-8-9-12)31-11-17-24-20(29)19-13-4-3-7-16(13)32-21(19)25-17/h1-2,5-6,12H,3-4,7-11H2,(H,24,25,29). The second-order valence-electron chi connectivity index (χ2n) is 8.06. The minimum atomic E-state index is -0.0255. The van der Waals surface area contributed by atoms with Crippen LogP contribution >= 0.6 is 34.7 Å². The average Bonchev–Trinajstić information content (AvgIpc) is 3.21. The zero-order chi connectivity index (χ0) is 21.7. The molecule has 3 heterocycles. The Kier molecular flexibility index (Phi) is 5.20. The maximum absolute atomic E-state index is 12.7. The summed E-state index contributed by atoms with van der Waals surface area (Å²) in [5.41, 5.74) is 1.18. The fraction of sp³-hybridized carbons (Fsp3) is 0.364. The van der Waals surface area contributed by atoms with E-state index in [1.807, 2.05) is 18.2 Å². The number of nitrogens with one attached hydrogen (secondary N) is 1. The quantitative estimate of drug-likeness (QED) is 0.374. The lowest BCUT2D eigenvalue weighted by Gasteiger charge is -2.10. The van der Waals surface area contributed by atoms with Gasteiger partial charge in [-0.25, -0.2) is 4.98 Å². The van der Waals surface area contributed by atoms with E-state index in [-0.39, 0.29) is 5.56 Å². The molecule has 32 heavy (non-hydrogen) atoms. The van der Waals surface area contributed by atoms with E-state index in [1.54, 1.807) is 29.2 Å². The van der Waals surface area contributed by atoms with Crippen molar-refractivity contribution < 1.29 is 4.74 Å². The fourth-order valence-electron chi connectivity index (χ4n) is 4.16. The molecule has 0 unspecified atom stereocenters. The predicted octanol–water partition coefficient (Wildman–Crippen LogP) is 4.92. The number of rotatable bonds is 7. The van der Waals surface area contributed by atoms with Crippen molar-refractivity contribution in [3.8, 4) is 5.75 Å². The third-order valence-corrected chi connectivity index (χ3v) is 8.25. The number of hydrogen-bond acceptors (Lipinski definition) is 7. The molecule has 0 radical (unpaired) electrons. The number of fused-ring (bicyclic) bond motifs is 3.